The van der Waals surface area contributed by atoms with E-state index in [1.54, 1.807) is 4.90 Å². The molecule has 7 heteroatoms. The highest BCUT2D eigenvalue weighted by Gasteiger charge is 2.25. The third-order valence-corrected chi connectivity index (χ3v) is 4.95. The van der Waals surface area contributed by atoms with Crippen LogP contribution in [0.5, 0.6) is 0 Å². The molecule has 0 unspecified atom stereocenters. The van der Waals surface area contributed by atoms with E-state index in [0.29, 0.717) is 19.6 Å². The Bertz CT molecular complexity index is 762. The number of aromatic nitrogens is 1. The monoisotopic (exact) mass is 423 g/mol. The number of carbonyl (C=O) groups is 2. The summed E-state index contributed by atoms with van der Waals surface area (Å²) < 4.78 is 1.98. The van der Waals surface area contributed by atoms with Crippen LogP contribution in [-0.4, -0.2) is 44.1 Å². The van der Waals surface area contributed by atoms with Crippen LogP contribution < -0.4 is 0 Å². The standard InChI is InChI=1S/C21H27Cl2N3O2/c1-3-4-13-25(21(28)20(22)23)16-19(27)26(14-17-9-6-5-7-10-17)15-18-11-8-12-24(18)2/h5-12,20H,3-4,13-16H2,1-2H3. The lowest BCUT2D eigenvalue weighted by atomic mass is 10.2. The van der Waals surface area contributed by atoms with Crippen molar-refractivity contribution in [1.82, 2.24) is 14.4 Å². The number of amides is 2. The highest BCUT2D eigenvalue weighted by atomic mass is 35.5. The molecular weight excluding hydrogens is 397 g/mol. The molecule has 28 heavy (non-hydrogen) atoms. The van der Waals surface area contributed by atoms with Gasteiger partial charge in [-0.25, -0.2) is 0 Å². The van der Waals surface area contributed by atoms with Crippen LogP contribution in [0.1, 0.15) is 31.0 Å². The highest BCUT2D eigenvalue weighted by Crippen LogP contribution is 2.13. The van der Waals surface area contributed by atoms with Crippen molar-refractivity contribution in [2.24, 2.45) is 7.05 Å². The second-order valence-corrected chi connectivity index (χ2v) is 7.86. The summed E-state index contributed by atoms with van der Waals surface area (Å²) in [4.78, 5) is 27.5. The topological polar surface area (TPSA) is 45.6 Å². The molecule has 0 atom stereocenters. The maximum absolute atomic E-state index is 13.1. The van der Waals surface area contributed by atoms with Crippen molar-refractivity contribution in [3.63, 3.8) is 0 Å². The van der Waals surface area contributed by atoms with Crippen LogP contribution in [0.3, 0.4) is 0 Å². The molecule has 0 aliphatic rings. The molecule has 0 radical (unpaired) electrons. The fraction of sp³-hybridized carbons (Fsp3) is 0.429. The summed E-state index contributed by atoms with van der Waals surface area (Å²) in [5.74, 6) is -0.563. The second kappa shape index (κ2) is 11.1. The molecule has 1 heterocycles. The maximum Gasteiger partial charge on any atom is 0.256 e. The third kappa shape index (κ3) is 6.57. The van der Waals surface area contributed by atoms with Gasteiger partial charge >= 0.3 is 0 Å². The Hall–Kier alpha value is -1.98. The minimum atomic E-state index is -1.17. The summed E-state index contributed by atoms with van der Waals surface area (Å²) in [5.41, 5.74) is 2.05. The molecule has 5 nitrogen and oxygen atoms in total. The molecule has 0 fully saturated rings. The molecule has 1 aromatic carbocycles. The molecule has 2 aromatic rings. The van der Waals surface area contributed by atoms with Crippen molar-refractivity contribution in [3.05, 3.63) is 59.9 Å². The summed E-state index contributed by atoms with van der Waals surface area (Å²) in [5, 5.41) is 0. The molecule has 0 bridgehead atoms. The first-order valence-corrected chi connectivity index (χ1v) is 10.3. The van der Waals surface area contributed by atoms with Gasteiger partial charge in [-0.05, 0) is 24.1 Å². The number of aryl methyl sites for hydroxylation is 1. The Morgan fingerprint density at radius 3 is 2.32 bits per heavy atom. The third-order valence-electron chi connectivity index (χ3n) is 4.58. The SMILES string of the molecule is CCCCN(CC(=O)N(Cc1ccccc1)Cc1cccn1C)C(=O)C(Cl)Cl. The minimum absolute atomic E-state index is 0.0357. The maximum atomic E-state index is 13.1. The van der Waals surface area contributed by atoms with Gasteiger partial charge in [-0.1, -0.05) is 66.9 Å². The number of rotatable bonds is 10. The lowest BCUT2D eigenvalue weighted by Gasteiger charge is -2.28. The number of hydrogen-bond donors (Lipinski definition) is 0. The molecule has 0 N–H and O–H groups in total. The molecule has 0 spiro atoms. The second-order valence-electron chi connectivity index (χ2n) is 6.76. The lowest BCUT2D eigenvalue weighted by molar-refractivity contribution is -0.140. The van der Waals surface area contributed by atoms with Crippen molar-refractivity contribution in [1.29, 1.82) is 0 Å². The predicted molar refractivity (Wildman–Crippen MR) is 113 cm³/mol. The number of alkyl halides is 2. The van der Waals surface area contributed by atoms with Crippen LogP contribution in [0.4, 0.5) is 0 Å². The van der Waals surface area contributed by atoms with Crippen molar-refractivity contribution >= 4 is 35.0 Å². The van der Waals surface area contributed by atoms with Crippen LogP contribution in [-0.2, 0) is 29.7 Å². The first kappa shape index (κ1) is 22.3. The average molecular weight is 424 g/mol. The molecule has 152 valence electrons. The van der Waals surface area contributed by atoms with E-state index in [-0.39, 0.29) is 12.5 Å². The van der Waals surface area contributed by atoms with Crippen LogP contribution in [0, 0.1) is 0 Å². The normalized spacial score (nSPS) is 10.9. The van der Waals surface area contributed by atoms with Gasteiger partial charge in [0.2, 0.25) is 5.91 Å². The average Bonchev–Trinajstić information content (AvgIpc) is 3.09. The van der Waals surface area contributed by atoms with Gasteiger partial charge in [0.1, 0.15) is 0 Å². The number of hydrogen-bond acceptors (Lipinski definition) is 2. The Morgan fingerprint density at radius 1 is 1.04 bits per heavy atom. The summed E-state index contributed by atoms with van der Waals surface area (Å²) in [6.45, 7) is 3.37. The zero-order valence-electron chi connectivity index (χ0n) is 16.4. The minimum Gasteiger partial charge on any atom is -0.353 e. The van der Waals surface area contributed by atoms with Gasteiger partial charge in [0.25, 0.3) is 5.91 Å². The first-order valence-electron chi connectivity index (χ1n) is 9.41. The van der Waals surface area contributed by atoms with Crippen LogP contribution in [0.15, 0.2) is 48.7 Å². The van der Waals surface area contributed by atoms with E-state index in [4.69, 9.17) is 23.2 Å². The van der Waals surface area contributed by atoms with Gasteiger partial charge in [-0.2, -0.15) is 0 Å². The van der Waals surface area contributed by atoms with Gasteiger partial charge in [-0.15, -0.1) is 0 Å². The Balaban J connectivity index is 2.18. The molecule has 0 aliphatic heterocycles. The number of benzene rings is 1. The van der Waals surface area contributed by atoms with E-state index in [9.17, 15) is 9.59 Å². The van der Waals surface area contributed by atoms with Gasteiger partial charge in [-0.3, -0.25) is 9.59 Å². The fourth-order valence-electron chi connectivity index (χ4n) is 2.91. The Morgan fingerprint density at radius 2 is 1.75 bits per heavy atom. The largest absolute Gasteiger partial charge is 0.353 e. The number of carbonyl (C=O) groups excluding carboxylic acids is 2. The molecule has 2 amide bonds. The van der Waals surface area contributed by atoms with Gasteiger partial charge in [0.05, 0.1) is 13.1 Å². The molecule has 1 aromatic heterocycles. The lowest BCUT2D eigenvalue weighted by Crippen LogP contribution is -2.44. The molecule has 0 aliphatic carbocycles. The van der Waals surface area contributed by atoms with Gasteiger partial charge < -0.3 is 14.4 Å². The van der Waals surface area contributed by atoms with Crippen molar-refractivity contribution in [3.8, 4) is 0 Å². The fourth-order valence-corrected chi connectivity index (χ4v) is 3.19. The van der Waals surface area contributed by atoms with Crippen LogP contribution in [0.2, 0.25) is 0 Å². The van der Waals surface area contributed by atoms with E-state index >= 15 is 0 Å². The van der Waals surface area contributed by atoms with Crippen molar-refractivity contribution in [2.75, 3.05) is 13.1 Å². The summed E-state index contributed by atoms with van der Waals surface area (Å²) >= 11 is 11.6. The van der Waals surface area contributed by atoms with E-state index in [2.05, 4.69) is 0 Å². The smallest absolute Gasteiger partial charge is 0.256 e. The number of halogens is 2. The van der Waals surface area contributed by atoms with E-state index < -0.39 is 10.7 Å². The molecule has 2 rings (SSSR count). The molecule has 0 saturated heterocycles. The van der Waals surface area contributed by atoms with Crippen molar-refractivity contribution in [2.45, 2.75) is 37.7 Å². The Labute approximate surface area is 176 Å². The van der Waals surface area contributed by atoms with E-state index in [1.807, 2.05) is 67.2 Å². The van der Waals surface area contributed by atoms with Crippen molar-refractivity contribution < 1.29 is 9.59 Å². The quantitative estimate of drug-likeness (QED) is 0.542. The van der Waals surface area contributed by atoms with E-state index in [1.165, 1.54) is 4.90 Å². The molecular formula is C21H27Cl2N3O2. The predicted octanol–water partition coefficient (Wildman–Crippen LogP) is 3.99. The number of unbranched alkanes of at least 4 members (excludes halogenated alkanes) is 1. The number of nitrogens with zero attached hydrogens (tertiary/aromatic N) is 3. The zero-order valence-corrected chi connectivity index (χ0v) is 17.9. The summed E-state index contributed by atoms with van der Waals surface area (Å²) in [7, 11) is 1.95. The highest BCUT2D eigenvalue weighted by molar-refractivity contribution is 6.53. The van der Waals surface area contributed by atoms with Crippen LogP contribution >= 0.6 is 23.2 Å². The summed E-state index contributed by atoms with van der Waals surface area (Å²) in [6, 6.07) is 13.7. The first-order chi connectivity index (χ1) is 13.4. The van der Waals surface area contributed by atoms with E-state index in [0.717, 1.165) is 24.1 Å². The Kier molecular flexibility index (Phi) is 8.87. The van der Waals surface area contributed by atoms with Gasteiger partial charge in [0.15, 0.2) is 4.84 Å². The van der Waals surface area contributed by atoms with Gasteiger partial charge in [0, 0.05) is 32.0 Å². The molecule has 0 saturated carbocycles. The zero-order chi connectivity index (χ0) is 20.5. The van der Waals surface area contributed by atoms with Crippen LogP contribution in [0.25, 0.3) is 0 Å². The summed E-state index contributed by atoms with van der Waals surface area (Å²) in [6.07, 6.45) is 3.64.